The second-order valence-electron chi connectivity index (χ2n) is 4.45. The molecule has 1 aromatic heterocycles. The van der Waals surface area contributed by atoms with Crippen LogP contribution in [0.5, 0.6) is 0 Å². The summed E-state index contributed by atoms with van der Waals surface area (Å²) in [6, 6.07) is 0.962. The van der Waals surface area contributed by atoms with E-state index in [-0.39, 0.29) is 17.1 Å². The van der Waals surface area contributed by atoms with Crippen molar-refractivity contribution < 1.29 is 26.4 Å². The smallest absolute Gasteiger partial charge is 0.345 e. The zero-order chi connectivity index (χ0) is 16.4. The molecule has 0 saturated heterocycles. The van der Waals surface area contributed by atoms with Gasteiger partial charge in [0.2, 0.25) is 0 Å². The van der Waals surface area contributed by atoms with Gasteiger partial charge in [0.25, 0.3) is 15.0 Å². The summed E-state index contributed by atoms with van der Waals surface area (Å²) in [4.78, 5) is 12.4. The summed E-state index contributed by atoms with van der Waals surface area (Å²) in [5.74, 6) is -0.900. The van der Waals surface area contributed by atoms with Gasteiger partial charge in [0.15, 0.2) is 0 Å². The average molecular weight is 347 g/mol. The standard InChI is InChI=1S/C11H14ClF3N2O3S/c1-3-4-17(7-11(13,14)15)10(18)9-5-8(6-16(9)2)21(12,19)20/h5-6H,3-4,7H2,1-2H3. The molecule has 0 aliphatic carbocycles. The Balaban J connectivity index is 3.12. The predicted octanol–water partition coefficient (Wildman–Crippen LogP) is 2.37. The molecule has 0 radical (unpaired) electrons. The van der Waals surface area contributed by atoms with Crippen LogP contribution in [0.25, 0.3) is 0 Å². The molecule has 0 aromatic carbocycles. The van der Waals surface area contributed by atoms with E-state index in [2.05, 4.69) is 0 Å². The fourth-order valence-corrected chi connectivity index (χ4v) is 2.57. The molecular formula is C11H14ClF3N2O3S. The van der Waals surface area contributed by atoms with Gasteiger partial charge in [-0.1, -0.05) is 6.92 Å². The van der Waals surface area contributed by atoms with E-state index in [0.29, 0.717) is 11.3 Å². The third-order valence-electron chi connectivity index (χ3n) is 2.63. The van der Waals surface area contributed by atoms with E-state index in [9.17, 15) is 26.4 Å². The summed E-state index contributed by atoms with van der Waals surface area (Å²) in [6.07, 6.45) is -3.11. The van der Waals surface area contributed by atoms with Crippen LogP contribution in [0.3, 0.4) is 0 Å². The molecule has 10 heteroatoms. The summed E-state index contributed by atoms with van der Waals surface area (Å²) >= 11 is 0. The van der Waals surface area contributed by atoms with E-state index in [1.165, 1.54) is 7.05 Å². The van der Waals surface area contributed by atoms with Crippen LogP contribution in [-0.2, 0) is 16.1 Å². The lowest BCUT2D eigenvalue weighted by molar-refractivity contribution is -0.140. The zero-order valence-electron chi connectivity index (χ0n) is 11.3. The number of aromatic nitrogens is 1. The Kier molecular flexibility index (Phi) is 5.32. The maximum absolute atomic E-state index is 12.5. The minimum atomic E-state index is -4.53. The number of alkyl halides is 3. The number of amides is 1. The lowest BCUT2D eigenvalue weighted by Crippen LogP contribution is -2.40. The van der Waals surface area contributed by atoms with Crippen molar-refractivity contribution in [3.8, 4) is 0 Å². The second kappa shape index (κ2) is 6.27. The second-order valence-corrected chi connectivity index (χ2v) is 7.02. The maximum atomic E-state index is 12.5. The monoisotopic (exact) mass is 346 g/mol. The summed E-state index contributed by atoms with van der Waals surface area (Å²) in [7, 11) is 2.45. The van der Waals surface area contributed by atoms with E-state index < -0.39 is 27.7 Å². The molecule has 0 bridgehead atoms. The fraction of sp³-hybridized carbons (Fsp3) is 0.545. The zero-order valence-corrected chi connectivity index (χ0v) is 12.9. The van der Waals surface area contributed by atoms with Gasteiger partial charge in [0.05, 0.1) is 0 Å². The number of aryl methyl sites for hydroxylation is 1. The Morgan fingerprint density at radius 2 is 2.00 bits per heavy atom. The molecule has 1 aromatic rings. The minimum Gasteiger partial charge on any atom is -0.345 e. The fourth-order valence-electron chi connectivity index (χ4n) is 1.78. The number of rotatable bonds is 5. The van der Waals surface area contributed by atoms with Crippen molar-refractivity contribution in [3.05, 3.63) is 18.0 Å². The third-order valence-corrected chi connectivity index (χ3v) is 3.95. The van der Waals surface area contributed by atoms with Gasteiger partial charge in [0, 0.05) is 30.5 Å². The molecule has 0 atom stereocenters. The lowest BCUT2D eigenvalue weighted by Gasteiger charge is -2.23. The van der Waals surface area contributed by atoms with Gasteiger partial charge in [0.1, 0.15) is 17.1 Å². The summed E-state index contributed by atoms with van der Waals surface area (Å²) < 4.78 is 61.0. The van der Waals surface area contributed by atoms with Crippen LogP contribution in [-0.4, -0.2) is 43.1 Å². The Bertz CT molecular complexity index is 625. The van der Waals surface area contributed by atoms with E-state index in [1.54, 1.807) is 6.92 Å². The number of hydrogen-bond acceptors (Lipinski definition) is 3. The molecule has 0 N–H and O–H groups in total. The van der Waals surface area contributed by atoms with Crippen LogP contribution < -0.4 is 0 Å². The lowest BCUT2D eigenvalue weighted by atomic mass is 10.3. The van der Waals surface area contributed by atoms with Gasteiger partial charge in [-0.3, -0.25) is 4.79 Å². The van der Waals surface area contributed by atoms with Crippen molar-refractivity contribution >= 4 is 25.6 Å². The molecule has 120 valence electrons. The number of carbonyl (C=O) groups excluding carboxylic acids is 1. The molecular weight excluding hydrogens is 333 g/mol. The van der Waals surface area contributed by atoms with Crippen LogP contribution in [0, 0.1) is 0 Å². The quantitative estimate of drug-likeness (QED) is 0.769. The van der Waals surface area contributed by atoms with Crippen LogP contribution in [0.2, 0.25) is 0 Å². The SMILES string of the molecule is CCCN(CC(F)(F)F)C(=O)c1cc(S(=O)(=O)Cl)cn1C. The van der Waals surface area contributed by atoms with Gasteiger partial charge in [-0.25, -0.2) is 8.42 Å². The Morgan fingerprint density at radius 1 is 1.43 bits per heavy atom. The van der Waals surface area contributed by atoms with Crippen molar-refractivity contribution in [1.29, 1.82) is 0 Å². The molecule has 1 rings (SSSR count). The first-order valence-corrected chi connectivity index (χ1v) is 8.23. The molecule has 0 saturated carbocycles. The molecule has 5 nitrogen and oxygen atoms in total. The average Bonchev–Trinajstić information content (AvgIpc) is 2.68. The molecule has 1 heterocycles. The first-order valence-electron chi connectivity index (χ1n) is 5.92. The van der Waals surface area contributed by atoms with Gasteiger partial charge in [-0.15, -0.1) is 0 Å². The first kappa shape index (κ1) is 17.8. The van der Waals surface area contributed by atoms with Crippen LogP contribution in [0.4, 0.5) is 13.2 Å². The highest BCUT2D eigenvalue weighted by atomic mass is 35.7. The predicted molar refractivity (Wildman–Crippen MR) is 70.7 cm³/mol. The summed E-state index contributed by atoms with van der Waals surface area (Å²) in [5.41, 5.74) is -0.174. The van der Waals surface area contributed by atoms with Gasteiger partial charge in [-0.2, -0.15) is 13.2 Å². The largest absolute Gasteiger partial charge is 0.406 e. The number of halogens is 4. The Morgan fingerprint density at radius 3 is 2.38 bits per heavy atom. The highest BCUT2D eigenvalue weighted by molar-refractivity contribution is 8.13. The van der Waals surface area contributed by atoms with E-state index in [4.69, 9.17) is 10.7 Å². The minimum absolute atomic E-state index is 0.0908. The molecule has 0 aliphatic heterocycles. The van der Waals surface area contributed by atoms with Crippen molar-refractivity contribution in [2.24, 2.45) is 7.05 Å². The van der Waals surface area contributed by atoms with Crippen LogP contribution in [0.15, 0.2) is 17.2 Å². The first-order chi connectivity index (χ1) is 9.45. The third kappa shape index (κ3) is 4.92. The van der Waals surface area contributed by atoms with Crippen molar-refractivity contribution in [3.63, 3.8) is 0 Å². The van der Waals surface area contributed by atoms with E-state index in [0.717, 1.165) is 16.8 Å². The van der Waals surface area contributed by atoms with Gasteiger partial charge in [-0.05, 0) is 12.5 Å². The maximum Gasteiger partial charge on any atom is 0.406 e. The molecule has 1 amide bonds. The number of hydrogen-bond donors (Lipinski definition) is 0. The molecule has 0 aliphatic rings. The number of nitrogens with zero attached hydrogens (tertiary/aromatic N) is 2. The molecule has 0 unspecified atom stereocenters. The Hall–Kier alpha value is -1.22. The van der Waals surface area contributed by atoms with Crippen molar-refractivity contribution in [2.75, 3.05) is 13.1 Å². The highest BCUT2D eigenvalue weighted by Gasteiger charge is 2.34. The van der Waals surface area contributed by atoms with Crippen molar-refractivity contribution in [2.45, 2.75) is 24.4 Å². The number of carbonyl (C=O) groups is 1. The van der Waals surface area contributed by atoms with Crippen molar-refractivity contribution in [1.82, 2.24) is 9.47 Å². The van der Waals surface area contributed by atoms with Gasteiger partial charge < -0.3 is 9.47 Å². The van der Waals surface area contributed by atoms with E-state index in [1.807, 2.05) is 0 Å². The summed E-state index contributed by atoms with van der Waals surface area (Å²) in [6.45, 7) is 0.149. The topological polar surface area (TPSA) is 59.4 Å². The Labute approximate surface area is 124 Å². The normalized spacial score (nSPS) is 12.5. The highest BCUT2D eigenvalue weighted by Crippen LogP contribution is 2.21. The van der Waals surface area contributed by atoms with Crippen LogP contribution >= 0.6 is 10.7 Å². The molecule has 0 fully saturated rings. The molecule has 21 heavy (non-hydrogen) atoms. The van der Waals surface area contributed by atoms with Crippen LogP contribution in [0.1, 0.15) is 23.8 Å². The molecule has 0 spiro atoms. The van der Waals surface area contributed by atoms with E-state index >= 15 is 0 Å². The van der Waals surface area contributed by atoms with Gasteiger partial charge >= 0.3 is 6.18 Å². The summed E-state index contributed by atoms with van der Waals surface area (Å²) in [5, 5.41) is 0.